The van der Waals surface area contributed by atoms with Crippen LogP contribution in [0.2, 0.25) is 0 Å². The van der Waals surface area contributed by atoms with Gasteiger partial charge in [-0.05, 0) is 30.5 Å². The smallest absolute Gasteiger partial charge is 0.344 e. The average molecular weight is 375 g/mol. The molecule has 0 spiro atoms. The second-order valence-corrected chi connectivity index (χ2v) is 5.85. The average Bonchev–Trinajstić information content (AvgIpc) is 3.07. The molecule has 1 atom stereocenters. The van der Waals surface area contributed by atoms with Crippen LogP contribution in [0, 0.1) is 21.4 Å². The number of benzene rings is 1. The summed E-state index contributed by atoms with van der Waals surface area (Å²) in [6.07, 6.45) is -1.09. The first kappa shape index (κ1) is 18.9. The van der Waals surface area contributed by atoms with Gasteiger partial charge >= 0.3 is 5.97 Å². The number of nitrogens with zero attached hydrogens (tertiary/aromatic N) is 2. The summed E-state index contributed by atoms with van der Waals surface area (Å²) in [6.45, 7) is 0.927. The lowest BCUT2D eigenvalue weighted by molar-refractivity contribution is -0.384. The van der Waals surface area contributed by atoms with Crippen LogP contribution in [0.1, 0.15) is 12.5 Å². The number of non-ortho nitro benzene ring substituents is 1. The van der Waals surface area contributed by atoms with E-state index in [0.717, 1.165) is 0 Å². The number of thiophene rings is 1. The third-order valence-electron chi connectivity index (χ3n) is 3.10. The molecule has 0 unspecified atom stereocenters. The first-order valence-corrected chi connectivity index (χ1v) is 8.14. The van der Waals surface area contributed by atoms with Crippen molar-refractivity contribution < 1.29 is 24.0 Å². The molecule has 9 nitrogen and oxygen atoms in total. The molecule has 1 N–H and O–H groups in total. The Bertz CT molecular complexity index is 856. The second-order valence-electron chi connectivity index (χ2n) is 4.94. The maximum absolute atomic E-state index is 12.0. The number of carbonyl (C=O) groups is 2. The molecule has 0 saturated heterocycles. The van der Waals surface area contributed by atoms with Crippen molar-refractivity contribution in [2.24, 2.45) is 0 Å². The maximum atomic E-state index is 12.0. The molecule has 0 bridgehead atoms. The van der Waals surface area contributed by atoms with Crippen molar-refractivity contribution in [3.05, 3.63) is 51.4 Å². The zero-order valence-corrected chi connectivity index (χ0v) is 14.3. The normalized spacial score (nSPS) is 11.1. The number of rotatable bonds is 7. The number of hydrogen-bond donors (Lipinski definition) is 1. The third-order valence-corrected chi connectivity index (χ3v) is 3.93. The van der Waals surface area contributed by atoms with E-state index in [2.05, 4.69) is 5.32 Å². The van der Waals surface area contributed by atoms with E-state index in [1.165, 1.54) is 42.5 Å². The van der Waals surface area contributed by atoms with Crippen LogP contribution in [0.25, 0.3) is 0 Å². The molecular weight excluding hydrogens is 362 g/mol. The fourth-order valence-corrected chi connectivity index (χ4v) is 2.54. The molecule has 1 aromatic carbocycles. The fraction of sp³-hybridized carbons (Fsp3) is 0.188. The van der Waals surface area contributed by atoms with Gasteiger partial charge in [0.25, 0.3) is 11.6 Å². The van der Waals surface area contributed by atoms with Gasteiger partial charge in [0.15, 0.2) is 12.7 Å². The zero-order chi connectivity index (χ0) is 19.1. The van der Waals surface area contributed by atoms with Gasteiger partial charge in [-0.15, -0.1) is 11.3 Å². The Labute approximate surface area is 151 Å². The van der Waals surface area contributed by atoms with Crippen LogP contribution in [-0.4, -0.2) is 29.5 Å². The summed E-state index contributed by atoms with van der Waals surface area (Å²) in [4.78, 5) is 33.7. The molecule has 1 heterocycles. The van der Waals surface area contributed by atoms with Gasteiger partial charge in [-0.1, -0.05) is 0 Å². The molecule has 0 radical (unpaired) electrons. The molecule has 0 aliphatic carbocycles. The highest BCUT2D eigenvalue weighted by atomic mass is 32.1. The summed E-state index contributed by atoms with van der Waals surface area (Å²) in [5.74, 6) is -1.10. The topological polar surface area (TPSA) is 132 Å². The van der Waals surface area contributed by atoms with Crippen molar-refractivity contribution in [3.63, 3.8) is 0 Å². The Kier molecular flexibility index (Phi) is 6.24. The monoisotopic (exact) mass is 375 g/mol. The van der Waals surface area contributed by atoms with Gasteiger partial charge in [-0.3, -0.25) is 14.9 Å². The zero-order valence-electron chi connectivity index (χ0n) is 13.5. The minimum Gasteiger partial charge on any atom is -0.482 e. The first-order valence-electron chi connectivity index (χ1n) is 7.26. The summed E-state index contributed by atoms with van der Waals surface area (Å²) in [6, 6.07) is 8.68. The molecule has 10 heteroatoms. The lowest BCUT2D eigenvalue weighted by atomic mass is 10.3. The Morgan fingerprint density at radius 3 is 2.65 bits per heavy atom. The third kappa shape index (κ3) is 5.02. The van der Waals surface area contributed by atoms with Crippen LogP contribution in [-0.2, 0) is 14.3 Å². The number of nitriles is 1. The number of amides is 1. The minimum absolute atomic E-state index is 0.101. The van der Waals surface area contributed by atoms with Crippen LogP contribution in [0.15, 0.2) is 35.7 Å². The highest BCUT2D eigenvalue weighted by molar-refractivity contribution is 7.14. The summed E-state index contributed by atoms with van der Waals surface area (Å²) in [5.41, 5.74) is 0.221. The van der Waals surface area contributed by atoms with Crippen molar-refractivity contribution >= 4 is 33.9 Å². The number of hydrogen-bond acceptors (Lipinski definition) is 8. The standard InChI is InChI=1S/C16H13N3O6S/c1-10(15(21)18-16-11(8-17)6-7-26-16)25-14(20)9-24-13-4-2-12(3-5-13)19(22)23/h2-7,10H,9H2,1H3,(H,18,21)/t10-/m0/s1. The van der Waals surface area contributed by atoms with E-state index in [-0.39, 0.29) is 11.4 Å². The molecule has 134 valence electrons. The highest BCUT2D eigenvalue weighted by Crippen LogP contribution is 2.22. The van der Waals surface area contributed by atoms with Crippen molar-refractivity contribution in [3.8, 4) is 11.8 Å². The lowest BCUT2D eigenvalue weighted by Crippen LogP contribution is -2.31. The van der Waals surface area contributed by atoms with Crippen LogP contribution in [0.5, 0.6) is 5.75 Å². The van der Waals surface area contributed by atoms with E-state index in [0.29, 0.717) is 10.6 Å². The molecule has 1 amide bonds. The van der Waals surface area contributed by atoms with Crippen molar-refractivity contribution in [1.82, 2.24) is 0 Å². The number of carbonyl (C=O) groups excluding carboxylic acids is 2. The minimum atomic E-state index is -1.09. The molecular formula is C16H13N3O6S. The quantitative estimate of drug-likeness (QED) is 0.446. The van der Waals surface area contributed by atoms with Gasteiger partial charge in [0.2, 0.25) is 0 Å². The van der Waals surface area contributed by atoms with Gasteiger partial charge in [0, 0.05) is 12.1 Å². The Balaban J connectivity index is 1.82. The lowest BCUT2D eigenvalue weighted by Gasteiger charge is -2.13. The molecule has 26 heavy (non-hydrogen) atoms. The molecule has 0 fully saturated rings. The van der Waals surface area contributed by atoms with E-state index in [1.807, 2.05) is 6.07 Å². The van der Waals surface area contributed by atoms with E-state index in [9.17, 15) is 19.7 Å². The summed E-state index contributed by atoms with van der Waals surface area (Å²) >= 11 is 1.18. The van der Waals surface area contributed by atoms with E-state index in [4.69, 9.17) is 14.7 Å². The van der Waals surface area contributed by atoms with Crippen LogP contribution >= 0.6 is 11.3 Å². The van der Waals surface area contributed by atoms with Crippen LogP contribution < -0.4 is 10.1 Å². The van der Waals surface area contributed by atoms with Crippen LogP contribution in [0.3, 0.4) is 0 Å². The predicted molar refractivity (Wildman–Crippen MR) is 91.8 cm³/mol. The number of nitro groups is 1. The van der Waals surface area contributed by atoms with Crippen molar-refractivity contribution in [2.45, 2.75) is 13.0 Å². The van der Waals surface area contributed by atoms with Gasteiger partial charge in [0.05, 0.1) is 10.5 Å². The van der Waals surface area contributed by atoms with Gasteiger partial charge in [-0.25, -0.2) is 4.79 Å². The van der Waals surface area contributed by atoms with Crippen molar-refractivity contribution in [2.75, 3.05) is 11.9 Å². The number of anilines is 1. The first-order chi connectivity index (χ1) is 12.4. The molecule has 2 rings (SSSR count). The molecule has 1 aromatic heterocycles. The molecule has 2 aromatic rings. The number of nitrogens with one attached hydrogen (secondary N) is 1. The van der Waals surface area contributed by atoms with Gasteiger partial charge in [0.1, 0.15) is 16.8 Å². The SMILES string of the molecule is C[C@H](OC(=O)COc1ccc([N+](=O)[O-])cc1)C(=O)Nc1sccc1C#N. The molecule has 0 aliphatic heterocycles. The molecule has 0 saturated carbocycles. The summed E-state index contributed by atoms with van der Waals surface area (Å²) < 4.78 is 10.1. The van der Waals surface area contributed by atoms with E-state index in [1.54, 1.807) is 11.4 Å². The van der Waals surface area contributed by atoms with Crippen LogP contribution in [0.4, 0.5) is 10.7 Å². The Morgan fingerprint density at radius 2 is 2.04 bits per heavy atom. The number of esters is 1. The summed E-state index contributed by atoms with van der Waals surface area (Å²) in [7, 11) is 0. The largest absolute Gasteiger partial charge is 0.482 e. The summed E-state index contributed by atoms with van der Waals surface area (Å²) in [5, 5.41) is 24.0. The number of ether oxygens (including phenoxy) is 2. The predicted octanol–water partition coefficient (Wildman–Crippen LogP) is 2.48. The van der Waals surface area contributed by atoms with Gasteiger partial charge < -0.3 is 14.8 Å². The number of nitro benzene ring substituents is 1. The molecule has 0 aliphatic rings. The Morgan fingerprint density at radius 1 is 1.35 bits per heavy atom. The Hall–Kier alpha value is -3.45. The van der Waals surface area contributed by atoms with E-state index < -0.39 is 29.5 Å². The second kappa shape index (κ2) is 8.59. The maximum Gasteiger partial charge on any atom is 0.344 e. The van der Waals surface area contributed by atoms with Gasteiger partial charge in [-0.2, -0.15) is 5.26 Å². The van der Waals surface area contributed by atoms with E-state index >= 15 is 0 Å². The highest BCUT2D eigenvalue weighted by Gasteiger charge is 2.20. The van der Waals surface area contributed by atoms with Crippen molar-refractivity contribution in [1.29, 1.82) is 5.26 Å². The fourth-order valence-electron chi connectivity index (χ4n) is 1.80.